The molecule has 1 aromatic heterocycles. The molecule has 0 saturated heterocycles. The number of amides is 1. The van der Waals surface area contributed by atoms with Crippen molar-refractivity contribution in [3.8, 4) is 0 Å². The number of benzene rings is 1. The van der Waals surface area contributed by atoms with Gasteiger partial charge in [-0.05, 0) is 23.8 Å². The maximum absolute atomic E-state index is 13.4. The molecule has 24 heavy (non-hydrogen) atoms. The second-order valence-corrected chi connectivity index (χ2v) is 4.97. The fourth-order valence-corrected chi connectivity index (χ4v) is 1.94. The molecule has 0 fully saturated rings. The maximum atomic E-state index is 13.4. The Balaban J connectivity index is 1.73. The van der Waals surface area contributed by atoms with E-state index in [9.17, 15) is 22.4 Å². The van der Waals surface area contributed by atoms with Crippen LogP contribution in [0.1, 0.15) is 11.1 Å². The molecule has 0 saturated carbocycles. The highest BCUT2D eigenvalue weighted by molar-refractivity contribution is 5.78. The Morgan fingerprint density at radius 3 is 2.46 bits per heavy atom. The Hall–Kier alpha value is -2.64. The Morgan fingerprint density at radius 2 is 1.83 bits per heavy atom. The van der Waals surface area contributed by atoms with Gasteiger partial charge < -0.3 is 10.6 Å². The van der Waals surface area contributed by atoms with Crippen molar-refractivity contribution in [2.75, 3.05) is 18.4 Å². The molecule has 128 valence electrons. The lowest BCUT2D eigenvalue weighted by Crippen LogP contribution is -2.30. The highest BCUT2D eigenvalue weighted by Crippen LogP contribution is 2.28. The molecule has 2 aromatic rings. The van der Waals surface area contributed by atoms with E-state index < -0.39 is 17.6 Å². The third kappa shape index (κ3) is 5.22. The van der Waals surface area contributed by atoms with Gasteiger partial charge in [0.25, 0.3) is 0 Å². The van der Waals surface area contributed by atoms with Gasteiger partial charge in [0.15, 0.2) is 0 Å². The van der Waals surface area contributed by atoms with Crippen LogP contribution in [0.5, 0.6) is 0 Å². The fraction of sp³-hybridized carbons (Fsp3) is 0.250. The first-order valence-corrected chi connectivity index (χ1v) is 7.13. The van der Waals surface area contributed by atoms with Crippen LogP contribution in [-0.2, 0) is 17.4 Å². The van der Waals surface area contributed by atoms with Crippen LogP contribution in [0.25, 0.3) is 0 Å². The summed E-state index contributed by atoms with van der Waals surface area (Å²) in [7, 11) is 0. The summed E-state index contributed by atoms with van der Waals surface area (Å²) in [4.78, 5) is 15.3. The third-order valence-electron chi connectivity index (χ3n) is 3.15. The molecule has 0 unspecified atom stereocenters. The molecule has 8 heteroatoms. The number of carbonyl (C=O) groups excluding carboxylic acids is 1. The Morgan fingerprint density at radius 1 is 1.08 bits per heavy atom. The SMILES string of the molecule is O=C(Cc1ccccc1F)NCCNc1ccc(C(F)(F)F)cn1. The molecule has 0 spiro atoms. The molecule has 2 rings (SSSR count). The number of aromatic nitrogens is 1. The summed E-state index contributed by atoms with van der Waals surface area (Å²) in [6, 6.07) is 8.12. The van der Waals surface area contributed by atoms with E-state index in [0.29, 0.717) is 5.56 Å². The highest BCUT2D eigenvalue weighted by Gasteiger charge is 2.30. The van der Waals surface area contributed by atoms with Crippen molar-refractivity contribution in [3.63, 3.8) is 0 Å². The lowest BCUT2D eigenvalue weighted by molar-refractivity contribution is -0.137. The number of nitrogens with zero attached hydrogens (tertiary/aromatic N) is 1. The molecule has 0 aliphatic carbocycles. The number of rotatable bonds is 6. The lowest BCUT2D eigenvalue weighted by Gasteiger charge is -2.09. The number of hydrogen-bond donors (Lipinski definition) is 2. The molecule has 0 bridgehead atoms. The summed E-state index contributed by atoms with van der Waals surface area (Å²) in [6.45, 7) is 0.511. The van der Waals surface area contributed by atoms with Gasteiger partial charge in [0.2, 0.25) is 5.91 Å². The van der Waals surface area contributed by atoms with Gasteiger partial charge in [-0.2, -0.15) is 13.2 Å². The first kappa shape index (κ1) is 17.7. The quantitative estimate of drug-likeness (QED) is 0.627. The minimum Gasteiger partial charge on any atom is -0.368 e. The number of halogens is 4. The number of carbonyl (C=O) groups is 1. The summed E-state index contributed by atoms with van der Waals surface area (Å²) in [6.07, 6.45) is -3.77. The van der Waals surface area contributed by atoms with Crippen molar-refractivity contribution in [2.45, 2.75) is 12.6 Å². The second kappa shape index (κ2) is 7.76. The zero-order valence-electron chi connectivity index (χ0n) is 12.5. The molecular weight excluding hydrogens is 326 g/mol. The molecule has 0 aliphatic heterocycles. The zero-order valence-corrected chi connectivity index (χ0v) is 12.5. The van der Waals surface area contributed by atoms with Gasteiger partial charge in [0.05, 0.1) is 12.0 Å². The van der Waals surface area contributed by atoms with Crippen molar-refractivity contribution in [3.05, 3.63) is 59.5 Å². The van der Waals surface area contributed by atoms with E-state index in [0.717, 1.165) is 12.3 Å². The Bertz CT molecular complexity index is 686. The molecule has 1 amide bonds. The summed E-state index contributed by atoms with van der Waals surface area (Å²) in [5, 5.41) is 5.38. The minimum absolute atomic E-state index is 0.0782. The number of nitrogens with one attached hydrogen (secondary N) is 2. The van der Waals surface area contributed by atoms with Crippen molar-refractivity contribution in [2.24, 2.45) is 0 Å². The summed E-state index contributed by atoms with van der Waals surface area (Å²) < 4.78 is 50.6. The highest BCUT2D eigenvalue weighted by atomic mass is 19.4. The first-order valence-electron chi connectivity index (χ1n) is 7.13. The molecular formula is C16H15F4N3O. The fourth-order valence-electron chi connectivity index (χ4n) is 1.94. The van der Waals surface area contributed by atoms with E-state index >= 15 is 0 Å². The molecule has 0 atom stereocenters. The number of hydrogen-bond acceptors (Lipinski definition) is 3. The second-order valence-electron chi connectivity index (χ2n) is 4.97. The molecule has 2 N–H and O–H groups in total. The average molecular weight is 341 g/mol. The van der Waals surface area contributed by atoms with Crippen LogP contribution >= 0.6 is 0 Å². The normalized spacial score (nSPS) is 11.2. The zero-order chi connectivity index (χ0) is 17.6. The van der Waals surface area contributed by atoms with E-state index in [1.807, 2.05) is 0 Å². The van der Waals surface area contributed by atoms with Gasteiger partial charge in [-0.1, -0.05) is 18.2 Å². The molecule has 0 aliphatic rings. The third-order valence-corrected chi connectivity index (χ3v) is 3.15. The molecule has 4 nitrogen and oxygen atoms in total. The average Bonchev–Trinajstić information content (AvgIpc) is 2.53. The number of alkyl halides is 3. The van der Waals surface area contributed by atoms with Gasteiger partial charge in [-0.15, -0.1) is 0 Å². The van der Waals surface area contributed by atoms with Crippen LogP contribution in [0.4, 0.5) is 23.4 Å². The van der Waals surface area contributed by atoms with Crippen LogP contribution in [0.15, 0.2) is 42.6 Å². The van der Waals surface area contributed by atoms with Crippen LogP contribution in [0, 0.1) is 5.82 Å². The first-order chi connectivity index (χ1) is 11.4. The smallest absolute Gasteiger partial charge is 0.368 e. The summed E-state index contributed by atoms with van der Waals surface area (Å²) >= 11 is 0. The van der Waals surface area contributed by atoms with Gasteiger partial charge in [-0.3, -0.25) is 4.79 Å². The van der Waals surface area contributed by atoms with E-state index in [4.69, 9.17) is 0 Å². The summed E-state index contributed by atoms with van der Waals surface area (Å²) in [5.41, 5.74) is -0.529. The topological polar surface area (TPSA) is 54.0 Å². The minimum atomic E-state index is -4.42. The van der Waals surface area contributed by atoms with E-state index in [2.05, 4.69) is 15.6 Å². The molecule has 0 radical (unpaired) electrons. The van der Waals surface area contributed by atoms with Crippen LogP contribution in [-0.4, -0.2) is 24.0 Å². The number of anilines is 1. The predicted octanol–water partition coefficient (Wildman–Crippen LogP) is 3.01. The van der Waals surface area contributed by atoms with Gasteiger partial charge in [0, 0.05) is 19.3 Å². The monoisotopic (exact) mass is 341 g/mol. The van der Waals surface area contributed by atoms with Crippen LogP contribution in [0.3, 0.4) is 0 Å². The van der Waals surface area contributed by atoms with Crippen LogP contribution in [0.2, 0.25) is 0 Å². The Kier molecular flexibility index (Phi) is 5.73. The summed E-state index contributed by atoms with van der Waals surface area (Å²) in [5.74, 6) is -0.520. The van der Waals surface area contributed by atoms with Crippen LogP contribution < -0.4 is 10.6 Å². The Labute approximate surface area is 135 Å². The van der Waals surface area contributed by atoms with Gasteiger partial charge in [0.1, 0.15) is 11.6 Å². The maximum Gasteiger partial charge on any atom is 0.417 e. The van der Waals surface area contributed by atoms with E-state index in [1.54, 1.807) is 6.07 Å². The van der Waals surface area contributed by atoms with E-state index in [1.165, 1.54) is 24.3 Å². The predicted molar refractivity (Wildman–Crippen MR) is 80.8 cm³/mol. The van der Waals surface area contributed by atoms with E-state index in [-0.39, 0.29) is 31.2 Å². The standard InChI is InChI=1S/C16H15F4N3O/c17-13-4-2-1-3-11(13)9-15(24)22-8-7-21-14-6-5-12(10-23-14)16(18,19)20/h1-6,10H,7-9H2,(H,21,23)(H,22,24). The van der Waals surface area contributed by atoms with Gasteiger partial charge >= 0.3 is 6.18 Å². The molecule has 1 heterocycles. The number of pyridine rings is 1. The van der Waals surface area contributed by atoms with Crippen molar-refractivity contribution >= 4 is 11.7 Å². The van der Waals surface area contributed by atoms with Crippen molar-refractivity contribution in [1.82, 2.24) is 10.3 Å². The largest absolute Gasteiger partial charge is 0.417 e. The van der Waals surface area contributed by atoms with Gasteiger partial charge in [-0.25, -0.2) is 9.37 Å². The van der Waals surface area contributed by atoms with Crippen molar-refractivity contribution in [1.29, 1.82) is 0 Å². The molecule has 1 aromatic carbocycles. The lowest BCUT2D eigenvalue weighted by atomic mass is 10.1. The van der Waals surface area contributed by atoms with Crippen molar-refractivity contribution < 1.29 is 22.4 Å².